The van der Waals surface area contributed by atoms with Crippen LogP contribution in [0.5, 0.6) is 0 Å². The molecule has 0 aliphatic rings. The highest BCUT2D eigenvalue weighted by Crippen LogP contribution is 2.44. The van der Waals surface area contributed by atoms with E-state index in [0.717, 1.165) is 77.9 Å². The Labute approximate surface area is 430 Å². The zero-order valence-electron chi connectivity index (χ0n) is 40.5. The van der Waals surface area contributed by atoms with Gasteiger partial charge in [0.15, 0.2) is 0 Å². The Morgan fingerprint density at radius 3 is 1.03 bits per heavy atom. The van der Waals surface area contributed by atoms with Crippen molar-refractivity contribution in [2.24, 2.45) is 0 Å². The van der Waals surface area contributed by atoms with Crippen LogP contribution in [-0.2, 0) is 0 Å². The second kappa shape index (κ2) is 19.0. The van der Waals surface area contributed by atoms with Crippen LogP contribution in [0.1, 0.15) is 27.8 Å². The minimum absolute atomic E-state index is 0.687. The summed E-state index contributed by atoms with van der Waals surface area (Å²) in [6.07, 6.45) is 8.60. The number of nitrogens with zero attached hydrogens (tertiary/aromatic N) is 3. The minimum atomic E-state index is 0.687. The van der Waals surface area contributed by atoms with Gasteiger partial charge in [0.2, 0.25) is 0 Å². The first-order valence-electron chi connectivity index (χ1n) is 25.1. The maximum absolute atomic E-state index is 10.6. The normalized spacial score (nSPS) is 11.7. The SMILES string of the molecule is N#Cc1c2ccc(/C=C/c3ccc(N(c4cccc5ccccc45)c4cccc5ccccc45)cc3)cc2cc2ccc(/C=C/c3ccc(N(c4cccc5ccccc45)c4cccc5ccccc45)cc3)cc12. The van der Waals surface area contributed by atoms with Crippen LogP contribution in [0.4, 0.5) is 34.1 Å². The average molecular weight is 942 g/mol. The van der Waals surface area contributed by atoms with Gasteiger partial charge in [-0.2, -0.15) is 5.26 Å². The van der Waals surface area contributed by atoms with E-state index < -0.39 is 0 Å². The molecule has 0 radical (unpaired) electrons. The van der Waals surface area contributed by atoms with Crippen LogP contribution < -0.4 is 9.80 Å². The molecule has 0 aromatic heterocycles. The van der Waals surface area contributed by atoms with Gasteiger partial charge in [-0.3, -0.25) is 0 Å². The number of hydrogen-bond donors (Lipinski definition) is 0. The lowest BCUT2D eigenvalue weighted by molar-refractivity contribution is 1.31. The van der Waals surface area contributed by atoms with E-state index in [1.807, 2.05) is 0 Å². The Bertz CT molecular complexity index is 4210. The molecule has 3 nitrogen and oxygen atoms in total. The van der Waals surface area contributed by atoms with Crippen molar-refractivity contribution in [2.45, 2.75) is 0 Å². The maximum Gasteiger partial charge on any atom is 0.100 e. The van der Waals surface area contributed by atoms with E-state index in [4.69, 9.17) is 0 Å². The first-order valence-corrected chi connectivity index (χ1v) is 25.1. The van der Waals surface area contributed by atoms with Crippen molar-refractivity contribution in [3.05, 3.63) is 289 Å². The van der Waals surface area contributed by atoms with Crippen molar-refractivity contribution >= 4 is 123 Å². The summed E-state index contributed by atoms with van der Waals surface area (Å²) in [5.74, 6) is 0. The van der Waals surface area contributed by atoms with Gasteiger partial charge < -0.3 is 9.80 Å². The molecule has 0 amide bonds. The van der Waals surface area contributed by atoms with Crippen LogP contribution in [0.25, 0.3) is 88.9 Å². The third-order valence-electron chi connectivity index (χ3n) is 14.4. The molecule has 0 aliphatic carbocycles. The molecule has 13 aromatic rings. The van der Waals surface area contributed by atoms with Gasteiger partial charge in [0.05, 0.1) is 28.3 Å². The molecular formula is C71H47N3. The Kier molecular flexibility index (Phi) is 11.3. The Hall–Kier alpha value is -10.0. The summed E-state index contributed by atoms with van der Waals surface area (Å²) in [7, 11) is 0. The Morgan fingerprint density at radius 2 is 0.608 bits per heavy atom. The molecule has 0 heterocycles. The van der Waals surface area contributed by atoms with Crippen LogP contribution in [0.3, 0.4) is 0 Å². The van der Waals surface area contributed by atoms with Crippen LogP contribution >= 0.6 is 0 Å². The molecule has 0 atom stereocenters. The van der Waals surface area contributed by atoms with Gasteiger partial charge in [0, 0.05) is 43.7 Å². The van der Waals surface area contributed by atoms with Gasteiger partial charge in [-0.1, -0.05) is 218 Å². The quantitative estimate of drug-likeness (QED) is 0.101. The lowest BCUT2D eigenvalue weighted by Crippen LogP contribution is -2.11. The zero-order chi connectivity index (χ0) is 49.4. The molecule has 0 fully saturated rings. The van der Waals surface area contributed by atoms with E-state index in [0.29, 0.717) is 5.56 Å². The van der Waals surface area contributed by atoms with E-state index in [1.54, 1.807) is 0 Å². The predicted molar refractivity (Wildman–Crippen MR) is 316 cm³/mol. The molecule has 0 aliphatic heterocycles. The van der Waals surface area contributed by atoms with Gasteiger partial charge in [-0.15, -0.1) is 0 Å². The number of rotatable bonds is 10. The Morgan fingerprint density at radius 1 is 0.257 bits per heavy atom. The molecule has 0 unspecified atom stereocenters. The minimum Gasteiger partial charge on any atom is -0.309 e. The summed E-state index contributed by atoms with van der Waals surface area (Å²) in [5, 5.41) is 24.2. The fourth-order valence-corrected chi connectivity index (χ4v) is 10.8. The summed E-state index contributed by atoms with van der Waals surface area (Å²) in [5.41, 5.74) is 11.7. The second-order valence-corrected chi connectivity index (χ2v) is 18.8. The van der Waals surface area contributed by atoms with Crippen molar-refractivity contribution in [1.29, 1.82) is 5.26 Å². The highest BCUT2D eigenvalue weighted by Gasteiger charge is 2.19. The van der Waals surface area contributed by atoms with Gasteiger partial charge in [0.1, 0.15) is 6.07 Å². The van der Waals surface area contributed by atoms with Gasteiger partial charge >= 0.3 is 0 Å². The molecule has 0 spiro atoms. The molecule has 74 heavy (non-hydrogen) atoms. The average Bonchev–Trinajstić information content (AvgIpc) is 3.46. The highest BCUT2D eigenvalue weighted by molar-refractivity contribution is 6.08. The third kappa shape index (κ3) is 8.17. The number of benzene rings is 13. The largest absolute Gasteiger partial charge is 0.309 e. The highest BCUT2D eigenvalue weighted by atomic mass is 15.2. The van der Waals surface area contributed by atoms with E-state index in [2.05, 4.69) is 301 Å². The van der Waals surface area contributed by atoms with Crippen molar-refractivity contribution in [3.63, 3.8) is 0 Å². The fourth-order valence-electron chi connectivity index (χ4n) is 10.8. The van der Waals surface area contributed by atoms with Gasteiger partial charge in [-0.25, -0.2) is 0 Å². The summed E-state index contributed by atoms with van der Waals surface area (Å²) in [6, 6.07) is 95.6. The third-order valence-corrected chi connectivity index (χ3v) is 14.4. The van der Waals surface area contributed by atoms with Crippen molar-refractivity contribution in [1.82, 2.24) is 0 Å². The molecule has 3 heteroatoms. The van der Waals surface area contributed by atoms with E-state index in [-0.39, 0.29) is 0 Å². The van der Waals surface area contributed by atoms with Crippen molar-refractivity contribution in [3.8, 4) is 6.07 Å². The molecule has 0 bridgehead atoms. The molecule has 13 aromatic carbocycles. The van der Waals surface area contributed by atoms with E-state index >= 15 is 0 Å². The van der Waals surface area contributed by atoms with E-state index in [9.17, 15) is 5.26 Å². The number of hydrogen-bond acceptors (Lipinski definition) is 3. The van der Waals surface area contributed by atoms with Gasteiger partial charge in [0.25, 0.3) is 0 Å². The Balaban J connectivity index is 0.771. The molecule has 0 N–H and O–H groups in total. The van der Waals surface area contributed by atoms with Crippen LogP contribution in [0.15, 0.2) is 261 Å². The zero-order valence-corrected chi connectivity index (χ0v) is 40.5. The lowest BCUT2D eigenvalue weighted by Gasteiger charge is -2.28. The van der Waals surface area contributed by atoms with Crippen LogP contribution in [0, 0.1) is 11.3 Å². The molecule has 346 valence electrons. The van der Waals surface area contributed by atoms with Crippen molar-refractivity contribution < 1.29 is 0 Å². The number of nitriles is 1. The topological polar surface area (TPSA) is 30.3 Å². The van der Waals surface area contributed by atoms with Crippen LogP contribution in [-0.4, -0.2) is 0 Å². The van der Waals surface area contributed by atoms with Crippen molar-refractivity contribution in [2.75, 3.05) is 9.80 Å². The molecular weight excluding hydrogens is 895 g/mol. The second-order valence-electron chi connectivity index (χ2n) is 18.8. The monoisotopic (exact) mass is 941 g/mol. The van der Waals surface area contributed by atoms with Gasteiger partial charge in [-0.05, 0) is 121 Å². The smallest absolute Gasteiger partial charge is 0.100 e. The standard InChI is InChI=1S/C71H47N3/c72-48-67-61-44-38-51(31-29-49-34-40-59(41-35-49)73(68-25-9-17-53-13-1-5-21-62(53)68)69-26-10-18-54-14-2-6-22-63(54)69)45-58(61)47-57-39-33-52(46-66(57)67)32-30-50-36-42-60(43-37-50)74(70-27-11-19-55-15-3-7-23-64(55)70)71-28-12-20-56-16-4-8-24-65(56)71/h1-47H/b31-29+,32-30+. The molecule has 0 saturated heterocycles. The number of fused-ring (bicyclic) bond motifs is 6. The van der Waals surface area contributed by atoms with E-state index in [1.165, 1.54) is 43.1 Å². The summed E-state index contributed by atoms with van der Waals surface area (Å²) >= 11 is 0. The lowest BCUT2D eigenvalue weighted by atomic mass is 9.94. The summed E-state index contributed by atoms with van der Waals surface area (Å²) in [6.45, 7) is 0. The summed E-state index contributed by atoms with van der Waals surface area (Å²) < 4.78 is 0. The molecule has 13 rings (SSSR count). The predicted octanol–water partition coefficient (Wildman–Crippen LogP) is 19.8. The summed E-state index contributed by atoms with van der Waals surface area (Å²) in [4.78, 5) is 4.76. The number of anilines is 6. The first kappa shape index (κ1) is 44.0. The maximum atomic E-state index is 10.6. The van der Waals surface area contributed by atoms with Crippen LogP contribution in [0.2, 0.25) is 0 Å². The first-order chi connectivity index (χ1) is 36.6. The molecule has 0 saturated carbocycles. The fraction of sp³-hybridized carbons (Fsp3) is 0.